The first-order valence-electron chi connectivity index (χ1n) is 7.42. The van der Waals surface area contributed by atoms with E-state index < -0.39 is 17.7 Å². The molecule has 0 saturated heterocycles. The molecular formula is C17H20N2O4S. The monoisotopic (exact) mass is 348 g/mol. The van der Waals surface area contributed by atoms with Gasteiger partial charge < -0.3 is 9.84 Å². The summed E-state index contributed by atoms with van der Waals surface area (Å²) in [5, 5.41) is 9.49. The minimum atomic E-state index is -1.11. The van der Waals surface area contributed by atoms with Crippen molar-refractivity contribution in [3.8, 4) is 0 Å². The van der Waals surface area contributed by atoms with Crippen LogP contribution in [0.15, 0.2) is 30.3 Å². The first-order chi connectivity index (χ1) is 11.2. The summed E-state index contributed by atoms with van der Waals surface area (Å²) in [5.41, 5.74) is 0.193. The molecule has 0 aliphatic rings. The van der Waals surface area contributed by atoms with Crippen molar-refractivity contribution in [3.05, 3.63) is 46.5 Å². The number of aryl methyl sites for hydroxylation is 1. The first-order valence-corrected chi connectivity index (χ1v) is 8.24. The van der Waals surface area contributed by atoms with Crippen LogP contribution in [0.5, 0.6) is 0 Å². The average Bonchev–Trinajstić information content (AvgIpc) is 2.86. The number of anilines is 1. The number of carboxylic acid groups (broad SMARTS) is 1. The highest BCUT2D eigenvalue weighted by molar-refractivity contribution is 7.16. The molecular weight excluding hydrogens is 328 g/mol. The Hall–Kier alpha value is -2.41. The fraction of sp³-hybridized carbons (Fsp3) is 0.353. The second-order valence-electron chi connectivity index (χ2n) is 6.26. The molecule has 0 bridgehead atoms. The van der Waals surface area contributed by atoms with E-state index in [1.807, 2.05) is 30.3 Å². The highest BCUT2D eigenvalue weighted by atomic mass is 32.1. The van der Waals surface area contributed by atoms with E-state index in [1.54, 1.807) is 27.7 Å². The molecule has 128 valence electrons. The highest BCUT2D eigenvalue weighted by Crippen LogP contribution is 2.28. The van der Waals surface area contributed by atoms with Gasteiger partial charge in [-0.25, -0.2) is 19.5 Å². The van der Waals surface area contributed by atoms with Gasteiger partial charge in [-0.05, 0) is 33.3 Å². The Morgan fingerprint density at radius 2 is 1.88 bits per heavy atom. The van der Waals surface area contributed by atoms with Crippen LogP contribution < -0.4 is 4.90 Å². The van der Waals surface area contributed by atoms with Gasteiger partial charge in [-0.1, -0.05) is 30.3 Å². The van der Waals surface area contributed by atoms with E-state index in [9.17, 15) is 14.7 Å². The van der Waals surface area contributed by atoms with Crippen LogP contribution in [0.4, 0.5) is 9.93 Å². The van der Waals surface area contributed by atoms with Gasteiger partial charge in [0.05, 0.1) is 6.54 Å². The number of rotatable bonds is 4. The van der Waals surface area contributed by atoms with Crippen LogP contribution >= 0.6 is 11.3 Å². The number of hydrogen-bond acceptors (Lipinski definition) is 5. The third-order valence-electron chi connectivity index (χ3n) is 3.02. The van der Waals surface area contributed by atoms with Crippen LogP contribution in [0, 0.1) is 6.92 Å². The molecule has 6 nitrogen and oxygen atoms in total. The fourth-order valence-electron chi connectivity index (χ4n) is 1.99. The lowest BCUT2D eigenvalue weighted by Crippen LogP contribution is -2.36. The number of carboxylic acids is 1. The average molecular weight is 348 g/mol. The van der Waals surface area contributed by atoms with Crippen LogP contribution in [0.1, 0.15) is 41.7 Å². The maximum atomic E-state index is 12.6. The lowest BCUT2D eigenvalue weighted by atomic mass is 10.2. The number of carbonyl (C=O) groups excluding carboxylic acids is 1. The zero-order valence-corrected chi connectivity index (χ0v) is 14.9. The van der Waals surface area contributed by atoms with Gasteiger partial charge in [-0.15, -0.1) is 11.3 Å². The number of hydrogen-bond donors (Lipinski definition) is 1. The molecule has 1 amide bonds. The highest BCUT2D eigenvalue weighted by Gasteiger charge is 2.27. The number of benzene rings is 1. The summed E-state index contributed by atoms with van der Waals surface area (Å²) in [6.07, 6.45) is -0.558. The van der Waals surface area contributed by atoms with Gasteiger partial charge in [0.15, 0.2) is 10.8 Å². The molecule has 1 heterocycles. The molecule has 1 aromatic carbocycles. The maximum absolute atomic E-state index is 12.6. The maximum Gasteiger partial charge on any atom is 0.416 e. The van der Waals surface area contributed by atoms with Crippen molar-refractivity contribution in [2.24, 2.45) is 0 Å². The molecule has 2 aromatic rings. The summed E-state index contributed by atoms with van der Waals surface area (Å²) in [7, 11) is 0. The quantitative estimate of drug-likeness (QED) is 0.900. The third-order valence-corrected chi connectivity index (χ3v) is 4.01. The molecule has 0 unspecified atom stereocenters. The van der Waals surface area contributed by atoms with E-state index >= 15 is 0 Å². The number of aromatic nitrogens is 1. The molecule has 0 radical (unpaired) electrons. The zero-order valence-electron chi connectivity index (χ0n) is 14.1. The third kappa shape index (κ3) is 4.55. The molecule has 0 fully saturated rings. The number of aromatic carboxylic acids is 1. The summed E-state index contributed by atoms with van der Waals surface area (Å²) in [6, 6.07) is 9.40. The first kappa shape index (κ1) is 17.9. The normalized spacial score (nSPS) is 11.2. The van der Waals surface area contributed by atoms with E-state index in [2.05, 4.69) is 4.98 Å². The van der Waals surface area contributed by atoms with E-state index in [0.717, 1.165) is 16.9 Å². The molecule has 0 spiro atoms. The molecule has 24 heavy (non-hydrogen) atoms. The lowest BCUT2D eigenvalue weighted by molar-refractivity contribution is 0.0575. The van der Waals surface area contributed by atoms with Crippen LogP contribution in [0.3, 0.4) is 0 Å². The van der Waals surface area contributed by atoms with Gasteiger partial charge in [0.2, 0.25) is 0 Å². The summed E-state index contributed by atoms with van der Waals surface area (Å²) in [5.74, 6) is -1.11. The van der Waals surface area contributed by atoms with Crippen LogP contribution in [-0.4, -0.2) is 27.8 Å². The van der Waals surface area contributed by atoms with Gasteiger partial charge in [-0.2, -0.15) is 0 Å². The molecule has 0 aliphatic heterocycles. The summed E-state index contributed by atoms with van der Waals surface area (Å²) >= 11 is 1.16. The summed E-state index contributed by atoms with van der Waals surface area (Å²) in [4.78, 5) is 29.8. The van der Waals surface area contributed by atoms with E-state index in [0.29, 0.717) is 10.0 Å². The van der Waals surface area contributed by atoms with Gasteiger partial charge in [0, 0.05) is 4.88 Å². The molecule has 0 aliphatic carbocycles. The van der Waals surface area contributed by atoms with Crippen molar-refractivity contribution >= 4 is 28.5 Å². The van der Waals surface area contributed by atoms with Crippen molar-refractivity contribution in [3.63, 3.8) is 0 Å². The fourth-order valence-corrected chi connectivity index (χ4v) is 2.88. The van der Waals surface area contributed by atoms with Crippen molar-refractivity contribution in [2.75, 3.05) is 4.90 Å². The Bertz CT molecular complexity index is 735. The van der Waals surface area contributed by atoms with Crippen molar-refractivity contribution in [1.82, 2.24) is 4.98 Å². The van der Waals surface area contributed by atoms with E-state index in [1.165, 1.54) is 4.90 Å². The zero-order chi connectivity index (χ0) is 17.9. The largest absolute Gasteiger partial charge is 0.476 e. The Morgan fingerprint density at radius 3 is 2.38 bits per heavy atom. The Morgan fingerprint density at radius 1 is 1.25 bits per heavy atom. The lowest BCUT2D eigenvalue weighted by Gasteiger charge is -2.25. The Balaban J connectivity index is 2.37. The SMILES string of the molecule is Cc1sc(N(Cc2ccccc2)C(=O)OC(C)(C)C)nc1C(=O)O. The number of amides is 1. The Labute approximate surface area is 144 Å². The molecule has 1 N–H and O–H groups in total. The number of nitrogens with zero attached hydrogens (tertiary/aromatic N) is 2. The predicted octanol–water partition coefficient (Wildman–Crippen LogP) is 4.09. The van der Waals surface area contributed by atoms with E-state index in [4.69, 9.17) is 4.74 Å². The molecule has 0 saturated carbocycles. The van der Waals surface area contributed by atoms with Gasteiger partial charge in [0.1, 0.15) is 5.60 Å². The topological polar surface area (TPSA) is 79.7 Å². The van der Waals surface area contributed by atoms with Crippen molar-refractivity contribution in [2.45, 2.75) is 39.8 Å². The number of thiazole rings is 1. The van der Waals surface area contributed by atoms with E-state index in [-0.39, 0.29) is 12.2 Å². The molecule has 2 rings (SSSR count). The van der Waals surface area contributed by atoms with Crippen molar-refractivity contribution in [1.29, 1.82) is 0 Å². The summed E-state index contributed by atoms with van der Waals surface area (Å²) in [6.45, 7) is 7.26. The number of ether oxygens (including phenoxy) is 1. The van der Waals surface area contributed by atoms with Gasteiger partial charge in [0.25, 0.3) is 0 Å². The minimum Gasteiger partial charge on any atom is -0.476 e. The second-order valence-corrected chi connectivity index (χ2v) is 7.44. The van der Waals surface area contributed by atoms with Gasteiger partial charge in [-0.3, -0.25) is 0 Å². The van der Waals surface area contributed by atoms with Gasteiger partial charge >= 0.3 is 12.1 Å². The second kappa shape index (κ2) is 7.00. The minimum absolute atomic E-state index is 0.0448. The van der Waals surface area contributed by atoms with Crippen LogP contribution in [-0.2, 0) is 11.3 Å². The molecule has 7 heteroatoms. The predicted molar refractivity (Wildman–Crippen MR) is 92.7 cm³/mol. The summed E-state index contributed by atoms with van der Waals surface area (Å²) < 4.78 is 5.44. The smallest absolute Gasteiger partial charge is 0.416 e. The Kier molecular flexibility index (Phi) is 5.23. The van der Waals surface area contributed by atoms with Crippen molar-refractivity contribution < 1.29 is 19.4 Å². The molecule has 0 atom stereocenters. The molecule has 1 aromatic heterocycles. The van der Waals surface area contributed by atoms with Crippen LogP contribution in [0.2, 0.25) is 0 Å². The van der Waals surface area contributed by atoms with Crippen LogP contribution in [0.25, 0.3) is 0 Å². The number of carbonyl (C=O) groups is 2. The standard InChI is InChI=1S/C17H20N2O4S/c1-11-13(14(20)21)18-15(24-11)19(16(22)23-17(2,3)4)10-12-8-6-5-7-9-12/h5-9H,10H2,1-4H3,(H,20,21).